The minimum absolute atomic E-state index is 0.0853. The van der Waals surface area contributed by atoms with Crippen LogP contribution >= 0.6 is 0 Å². The summed E-state index contributed by atoms with van der Waals surface area (Å²) in [6.07, 6.45) is 5.72. The average Bonchev–Trinajstić information content (AvgIpc) is 2.85. The number of carboxylic acid groups (broad SMARTS) is 1. The van der Waals surface area contributed by atoms with Crippen LogP contribution in [-0.4, -0.2) is 30.3 Å². The van der Waals surface area contributed by atoms with Gasteiger partial charge in [0, 0.05) is 7.05 Å². The number of hydrogen-bond acceptors (Lipinski definition) is 4. The number of anilines is 1. The van der Waals surface area contributed by atoms with Gasteiger partial charge in [0.25, 0.3) is 5.76 Å². The van der Waals surface area contributed by atoms with Gasteiger partial charge in [-0.15, -0.1) is 0 Å². The Morgan fingerprint density at radius 3 is 2.82 bits per heavy atom. The Bertz CT molecular complexity index is 459. The zero-order chi connectivity index (χ0) is 12.0. The number of nitrogens with zero attached hydrogens (tertiary/aromatic N) is 1. The van der Waals surface area contributed by atoms with Crippen LogP contribution in [0, 0.1) is 0 Å². The molecule has 17 heavy (non-hydrogen) atoms. The molecule has 0 amide bonds. The Morgan fingerprint density at radius 2 is 2.18 bits per heavy atom. The minimum Gasteiger partial charge on any atom is -0.479 e. The molecule has 5 nitrogen and oxygen atoms in total. The van der Waals surface area contributed by atoms with Gasteiger partial charge in [0.1, 0.15) is 17.6 Å². The molecule has 0 atom stereocenters. The molecule has 0 bridgehead atoms. The Morgan fingerprint density at radius 1 is 1.47 bits per heavy atom. The van der Waals surface area contributed by atoms with Crippen LogP contribution in [0.1, 0.15) is 36.2 Å². The molecule has 1 aromatic heterocycles. The van der Waals surface area contributed by atoms with E-state index < -0.39 is 5.97 Å². The Kier molecular flexibility index (Phi) is 2.11. The van der Waals surface area contributed by atoms with Crippen LogP contribution in [0.3, 0.4) is 0 Å². The summed E-state index contributed by atoms with van der Waals surface area (Å²) in [7, 11) is 1.95. The number of ether oxygens (including phenoxy) is 1. The highest BCUT2D eigenvalue weighted by atomic mass is 16.5. The monoisotopic (exact) mass is 237 g/mol. The first kappa shape index (κ1) is 10.5. The van der Waals surface area contributed by atoms with E-state index in [1.165, 1.54) is 6.26 Å². The van der Waals surface area contributed by atoms with Gasteiger partial charge in [0.05, 0.1) is 6.54 Å². The lowest BCUT2D eigenvalue weighted by Crippen LogP contribution is -2.47. The summed E-state index contributed by atoms with van der Waals surface area (Å²) in [4.78, 5) is 13.1. The van der Waals surface area contributed by atoms with Crippen molar-refractivity contribution in [2.75, 3.05) is 18.5 Å². The zero-order valence-electron chi connectivity index (χ0n) is 9.73. The molecule has 1 aliphatic heterocycles. The van der Waals surface area contributed by atoms with Crippen LogP contribution in [0.2, 0.25) is 0 Å². The summed E-state index contributed by atoms with van der Waals surface area (Å²) in [5, 5.41) is 9.05. The summed E-state index contributed by atoms with van der Waals surface area (Å²) in [5.41, 5.74) is 0.524. The van der Waals surface area contributed by atoms with Gasteiger partial charge in [-0.2, -0.15) is 0 Å². The van der Waals surface area contributed by atoms with Crippen molar-refractivity contribution in [3.8, 4) is 5.75 Å². The largest absolute Gasteiger partial charge is 0.479 e. The summed E-state index contributed by atoms with van der Waals surface area (Å²) >= 11 is 0. The van der Waals surface area contributed by atoms with Crippen molar-refractivity contribution in [2.24, 2.45) is 0 Å². The fourth-order valence-corrected chi connectivity index (χ4v) is 2.89. The number of fused-ring (bicyclic) bond motifs is 1. The van der Waals surface area contributed by atoms with E-state index in [0.29, 0.717) is 5.75 Å². The molecule has 2 heterocycles. The number of carboxylic acids is 1. The third-order valence-corrected chi connectivity index (χ3v) is 3.69. The first-order valence-electron chi connectivity index (χ1n) is 5.86. The Hall–Kier alpha value is -1.65. The van der Waals surface area contributed by atoms with E-state index in [-0.39, 0.29) is 11.4 Å². The predicted molar refractivity (Wildman–Crippen MR) is 60.8 cm³/mol. The van der Waals surface area contributed by atoms with Crippen molar-refractivity contribution < 1.29 is 19.1 Å². The second-order valence-electron chi connectivity index (χ2n) is 4.93. The summed E-state index contributed by atoms with van der Waals surface area (Å²) in [6.45, 7) is 0.804. The minimum atomic E-state index is -1.07. The van der Waals surface area contributed by atoms with Gasteiger partial charge in [-0.1, -0.05) is 0 Å². The van der Waals surface area contributed by atoms with Crippen LogP contribution in [0.4, 0.5) is 5.69 Å². The molecule has 1 spiro atoms. The third-order valence-electron chi connectivity index (χ3n) is 3.69. The predicted octanol–water partition coefficient (Wildman–Crippen LogP) is 2.12. The van der Waals surface area contributed by atoms with E-state index in [9.17, 15) is 4.79 Å². The van der Waals surface area contributed by atoms with E-state index in [4.69, 9.17) is 14.3 Å². The molecular weight excluding hydrogens is 222 g/mol. The van der Waals surface area contributed by atoms with Gasteiger partial charge in [-0.25, -0.2) is 4.79 Å². The topological polar surface area (TPSA) is 62.9 Å². The van der Waals surface area contributed by atoms with Gasteiger partial charge in [-0.3, -0.25) is 0 Å². The summed E-state index contributed by atoms with van der Waals surface area (Å²) in [5.74, 6) is -0.763. The molecule has 0 aromatic carbocycles. The molecule has 92 valence electrons. The molecule has 1 aromatic rings. The highest BCUT2D eigenvalue weighted by Crippen LogP contribution is 2.45. The second kappa shape index (κ2) is 3.42. The smallest absolute Gasteiger partial charge is 0.375 e. The maximum atomic E-state index is 11.1. The normalized spacial score (nSPS) is 21.4. The first-order valence-corrected chi connectivity index (χ1v) is 5.86. The van der Waals surface area contributed by atoms with E-state index in [1.807, 2.05) is 11.9 Å². The van der Waals surface area contributed by atoms with Crippen molar-refractivity contribution in [3.63, 3.8) is 0 Å². The second-order valence-corrected chi connectivity index (χ2v) is 4.93. The first-order chi connectivity index (χ1) is 8.11. The molecule has 3 rings (SSSR count). The van der Waals surface area contributed by atoms with E-state index >= 15 is 0 Å². The SMILES string of the molecule is CN1CC2(CCCC2)Oc2c1coc2C(=O)O. The standard InChI is InChI=1S/C12H15NO4/c1-13-7-12(4-2-3-5-12)17-9-8(13)6-16-10(9)11(14)15/h6H,2-5,7H2,1H3,(H,14,15). The van der Waals surface area contributed by atoms with Gasteiger partial charge in [-0.05, 0) is 25.7 Å². The zero-order valence-corrected chi connectivity index (χ0v) is 9.73. The number of aromatic carboxylic acids is 1. The highest BCUT2D eigenvalue weighted by molar-refractivity contribution is 5.90. The summed E-state index contributed by atoms with van der Waals surface area (Å²) < 4.78 is 11.1. The van der Waals surface area contributed by atoms with Gasteiger partial charge in [0.15, 0.2) is 5.75 Å². The van der Waals surface area contributed by atoms with Crippen molar-refractivity contribution in [1.29, 1.82) is 0 Å². The molecule has 1 fully saturated rings. The van der Waals surface area contributed by atoms with E-state index in [0.717, 1.165) is 37.9 Å². The Balaban J connectivity index is 2.03. The number of likely N-dealkylation sites (N-methyl/N-ethyl adjacent to an activating group) is 1. The van der Waals surface area contributed by atoms with Crippen LogP contribution in [0.25, 0.3) is 0 Å². The van der Waals surface area contributed by atoms with Crippen molar-refractivity contribution in [3.05, 3.63) is 12.0 Å². The lowest BCUT2D eigenvalue weighted by Gasteiger charge is -2.39. The highest BCUT2D eigenvalue weighted by Gasteiger charge is 2.43. The van der Waals surface area contributed by atoms with Gasteiger partial charge >= 0.3 is 5.97 Å². The summed E-state index contributed by atoms with van der Waals surface area (Å²) in [6, 6.07) is 0. The van der Waals surface area contributed by atoms with Gasteiger partial charge < -0.3 is 19.2 Å². The van der Waals surface area contributed by atoms with Crippen LogP contribution < -0.4 is 9.64 Å². The van der Waals surface area contributed by atoms with Crippen molar-refractivity contribution in [1.82, 2.24) is 0 Å². The lowest BCUT2D eigenvalue weighted by atomic mass is 9.99. The molecule has 0 saturated heterocycles. The number of rotatable bonds is 1. The average molecular weight is 237 g/mol. The molecule has 2 aliphatic rings. The fraction of sp³-hybridized carbons (Fsp3) is 0.583. The maximum Gasteiger partial charge on any atom is 0.375 e. The van der Waals surface area contributed by atoms with Crippen LogP contribution in [0.5, 0.6) is 5.75 Å². The van der Waals surface area contributed by atoms with E-state index in [1.54, 1.807) is 0 Å². The van der Waals surface area contributed by atoms with Crippen molar-refractivity contribution >= 4 is 11.7 Å². The number of furan rings is 1. The molecule has 5 heteroatoms. The fourth-order valence-electron chi connectivity index (χ4n) is 2.89. The molecule has 1 aliphatic carbocycles. The van der Waals surface area contributed by atoms with Crippen molar-refractivity contribution in [2.45, 2.75) is 31.3 Å². The quantitative estimate of drug-likeness (QED) is 0.810. The molecule has 0 unspecified atom stereocenters. The third kappa shape index (κ3) is 1.49. The van der Waals surface area contributed by atoms with Gasteiger partial charge in [0.2, 0.25) is 0 Å². The van der Waals surface area contributed by atoms with Crippen LogP contribution in [0.15, 0.2) is 10.7 Å². The van der Waals surface area contributed by atoms with Crippen LogP contribution in [-0.2, 0) is 0 Å². The van der Waals surface area contributed by atoms with E-state index in [2.05, 4.69) is 0 Å². The maximum absolute atomic E-state index is 11.1. The Labute approximate surface area is 99.0 Å². The lowest BCUT2D eigenvalue weighted by molar-refractivity contribution is 0.0584. The molecule has 1 saturated carbocycles. The molecule has 0 radical (unpaired) electrons. The molecule has 1 N–H and O–H groups in total. The number of carbonyl (C=O) groups is 1. The molecular formula is C12H15NO4. The number of hydrogen-bond donors (Lipinski definition) is 1.